The van der Waals surface area contributed by atoms with Crippen LogP contribution in [0.3, 0.4) is 0 Å². The summed E-state index contributed by atoms with van der Waals surface area (Å²) in [6, 6.07) is 0. The van der Waals surface area contributed by atoms with E-state index >= 15 is 0 Å². The smallest absolute Gasteiger partial charge is 0.306 e. The average molecular weight is 781 g/mol. The zero-order chi connectivity index (χ0) is 40.8. The molecule has 0 aliphatic rings. The Morgan fingerprint density at radius 3 is 1.14 bits per heavy atom. The molecule has 0 radical (unpaired) electrons. The van der Waals surface area contributed by atoms with Gasteiger partial charge in [-0.05, 0) is 83.5 Å². The van der Waals surface area contributed by atoms with Gasteiger partial charge in [0.1, 0.15) is 13.2 Å². The monoisotopic (exact) mass is 781 g/mol. The van der Waals surface area contributed by atoms with E-state index in [4.69, 9.17) is 14.2 Å². The van der Waals surface area contributed by atoms with Crippen molar-refractivity contribution in [3.8, 4) is 0 Å². The van der Waals surface area contributed by atoms with Crippen LogP contribution in [0, 0.1) is 0 Å². The summed E-state index contributed by atoms with van der Waals surface area (Å²) in [7, 11) is 0. The topological polar surface area (TPSA) is 78.9 Å². The molecule has 0 saturated carbocycles. The van der Waals surface area contributed by atoms with Crippen molar-refractivity contribution in [3.05, 3.63) is 72.9 Å². The first-order chi connectivity index (χ1) is 27.5. The number of carbonyl (C=O) groups excluding carboxylic acids is 3. The molecule has 0 heterocycles. The fraction of sp³-hybridized carbons (Fsp3) is 0.700. The molecule has 0 fully saturated rings. The van der Waals surface area contributed by atoms with Crippen molar-refractivity contribution in [1.82, 2.24) is 0 Å². The molecule has 6 nitrogen and oxygen atoms in total. The first kappa shape index (κ1) is 52.9. The highest BCUT2D eigenvalue weighted by molar-refractivity contribution is 5.71. The van der Waals surface area contributed by atoms with Crippen LogP contribution in [0.4, 0.5) is 0 Å². The Kier molecular flexibility index (Phi) is 42.1. The summed E-state index contributed by atoms with van der Waals surface area (Å²) < 4.78 is 16.6. The van der Waals surface area contributed by atoms with Crippen LogP contribution < -0.4 is 0 Å². The van der Waals surface area contributed by atoms with Gasteiger partial charge in [0.25, 0.3) is 0 Å². The summed E-state index contributed by atoms with van der Waals surface area (Å²) in [4.78, 5) is 37.5. The molecule has 0 aromatic carbocycles. The average Bonchev–Trinajstić information content (AvgIpc) is 3.19. The maximum absolute atomic E-state index is 12.7. The second-order valence-corrected chi connectivity index (χ2v) is 14.9. The summed E-state index contributed by atoms with van der Waals surface area (Å²) in [5.41, 5.74) is 0. The highest BCUT2D eigenvalue weighted by atomic mass is 16.6. The number of allylic oxidation sites excluding steroid dienone is 12. The molecule has 0 N–H and O–H groups in total. The summed E-state index contributed by atoms with van der Waals surface area (Å²) >= 11 is 0. The summed E-state index contributed by atoms with van der Waals surface area (Å²) in [6.07, 6.45) is 54.8. The molecular formula is C50H84O6. The molecule has 56 heavy (non-hydrogen) atoms. The first-order valence-electron chi connectivity index (χ1n) is 22.9. The van der Waals surface area contributed by atoms with Crippen LogP contribution in [0.25, 0.3) is 0 Å². The molecule has 0 saturated heterocycles. The van der Waals surface area contributed by atoms with E-state index in [0.717, 1.165) is 122 Å². The van der Waals surface area contributed by atoms with Crippen molar-refractivity contribution in [2.75, 3.05) is 13.2 Å². The standard InChI is InChI=1S/C50H84O6/c1-4-7-10-13-15-17-19-21-23-24-25-26-27-29-30-32-34-37-40-43-49(52)55-46-47(45-54-48(51)42-39-36-12-9-6-3)56-50(53)44-41-38-35-33-31-28-22-20-18-16-14-11-8-5-2/h7,10,14-17,20-23,25-26,47H,4-6,8-9,11-13,18-19,24,27-46H2,1-3H3/b10-7-,16-14-,17-15-,22-20-,23-21-,26-25-. The molecule has 6 heteroatoms. The minimum Gasteiger partial charge on any atom is -0.462 e. The molecule has 0 amide bonds. The van der Waals surface area contributed by atoms with Crippen LogP contribution in [0.5, 0.6) is 0 Å². The third-order valence-corrected chi connectivity index (χ3v) is 9.45. The second-order valence-electron chi connectivity index (χ2n) is 14.9. The lowest BCUT2D eigenvalue weighted by molar-refractivity contribution is -0.167. The van der Waals surface area contributed by atoms with Gasteiger partial charge < -0.3 is 14.2 Å². The van der Waals surface area contributed by atoms with Crippen molar-refractivity contribution < 1.29 is 28.6 Å². The number of hydrogen-bond donors (Lipinski definition) is 0. The summed E-state index contributed by atoms with van der Waals surface area (Å²) in [5.74, 6) is -0.935. The van der Waals surface area contributed by atoms with E-state index in [1.807, 2.05) is 0 Å². The summed E-state index contributed by atoms with van der Waals surface area (Å²) in [6.45, 7) is 6.36. The number of ether oxygens (including phenoxy) is 3. The van der Waals surface area contributed by atoms with Gasteiger partial charge in [0.15, 0.2) is 6.10 Å². The van der Waals surface area contributed by atoms with Gasteiger partial charge in [0.05, 0.1) is 0 Å². The molecule has 1 unspecified atom stereocenters. The van der Waals surface area contributed by atoms with E-state index in [9.17, 15) is 14.4 Å². The molecule has 320 valence electrons. The zero-order valence-electron chi connectivity index (χ0n) is 36.4. The minimum atomic E-state index is -0.783. The van der Waals surface area contributed by atoms with Gasteiger partial charge in [0, 0.05) is 19.3 Å². The lowest BCUT2D eigenvalue weighted by atomic mass is 10.1. The van der Waals surface area contributed by atoms with Gasteiger partial charge in [-0.3, -0.25) is 14.4 Å². The van der Waals surface area contributed by atoms with Gasteiger partial charge in [-0.2, -0.15) is 0 Å². The normalized spacial score (nSPS) is 12.7. The van der Waals surface area contributed by atoms with Gasteiger partial charge in [-0.15, -0.1) is 0 Å². The Morgan fingerprint density at radius 1 is 0.375 bits per heavy atom. The molecule has 0 aromatic rings. The molecular weight excluding hydrogens is 697 g/mol. The number of esters is 3. The quantitative estimate of drug-likeness (QED) is 0.0267. The molecule has 0 rings (SSSR count). The minimum absolute atomic E-state index is 0.0875. The summed E-state index contributed by atoms with van der Waals surface area (Å²) in [5, 5.41) is 0. The fourth-order valence-electron chi connectivity index (χ4n) is 5.98. The van der Waals surface area contributed by atoms with E-state index in [-0.39, 0.29) is 31.1 Å². The molecule has 0 bridgehead atoms. The van der Waals surface area contributed by atoms with Crippen LogP contribution in [0.15, 0.2) is 72.9 Å². The van der Waals surface area contributed by atoms with Crippen molar-refractivity contribution in [3.63, 3.8) is 0 Å². The number of unbranched alkanes of at least 4 members (excludes halogenated alkanes) is 17. The van der Waals surface area contributed by atoms with Crippen molar-refractivity contribution in [2.45, 2.75) is 213 Å². The Balaban J connectivity index is 4.26. The highest BCUT2D eigenvalue weighted by Crippen LogP contribution is 2.13. The van der Waals surface area contributed by atoms with E-state index in [1.54, 1.807) is 0 Å². The van der Waals surface area contributed by atoms with Crippen LogP contribution in [-0.4, -0.2) is 37.2 Å². The van der Waals surface area contributed by atoms with Crippen molar-refractivity contribution in [1.29, 1.82) is 0 Å². The van der Waals surface area contributed by atoms with Crippen molar-refractivity contribution >= 4 is 17.9 Å². The zero-order valence-corrected chi connectivity index (χ0v) is 36.4. The fourth-order valence-corrected chi connectivity index (χ4v) is 5.98. The van der Waals surface area contributed by atoms with Gasteiger partial charge in [-0.25, -0.2) is 0 Å². The Bertz CT molecular complexity index is 1080. The maximum atomic E-state index is 12.7. The van der Waals surface area contributed by atoms with E-state index in [1.165, 1.54) is 44.9 Å². The SMILES string of the molecule is CC/C=C\C/C=C\C/C=C\C/C=C\CCCCCCCCC(=O)OCC(COC(=O)CCCCCCC)OC(=O)CCCCCCC/C=C\C/C=C\CCCC. The second kappa shape index (κ2) is 44.6. The van der Waals surface area contributed by atoms with Gasteiger partial charge >= 0.3 is 17.9 Å². The third-order valence-electron chi connectivity index (χ3n) is 9.45. The Morgan fingerprint density at radius 2 is 0.714 bits per heavy atom. The Labute approximate surface area is 344 Å². The molecule has 0 spiro atoms. The number of carbonyl (C=O) groups is 3. The Hall–Kier alpha value is -3.15. The van der Waals surface area contributed by atoms with Crippen molar-refractivity contribution in [2.24, 2.45) is 0 Å². The van der Waals surface area contributed by atoms with Crippen LogP contribution >= 0.6 is 0 Å². The third kappa shape index (κ3) is 42.0. The van der Waals surface area contributed by atoms with Crippen LogP contribution in [0.2, 0.25) is 0 Å². The van der Waals surface area contributed by atoms with Crippen LogP contribution in [0.1, 0.15) is 207 Å². The lowest BCUT2D eigenvalue weighted by Gasteiger charge is -2.18. The van der Waals surface area contributed by atoms with Crippen LogP contribution in [-0.2, 0) is 28.6 Å². The molecule has 0 aliphatic heterocycles. The van der Waals surface area contributed by atoms with E-state index in [0.29, 0.717) is 19.3 Å². The lowest BCUT2D eigenvalue weighted by Crippen LogP contribution is -2.30. The van der Waals surface area contributed by atoms with Gasteiger partial charge in [0.2, 0.25) is 0 Å². The van der Waals surface area contributed by atoms with E-state index < -0.39 is 6.10 Å². The largest absolute Gasteiger partial charge is 0.462 e. The van der Waals surface area contributed by atoms with E-state index in [2.05, 4.69) is 93.7 Å². The maximum Gasteiger partial charge on any atom is 0.306 e. The molecule has 1 atom stereocenters. The predicted octanol–water partition coefficient (Wildman–Crippen LogP) is 14.7. The predicted molar refractivity (Wildman–Crippen MR) is 238 cm³/mol. The molecule has 0 aliphatic carbocycles. The molecule has 0 aromatic heterocycles. The number of rotatable bonds is 40. The first-order valence-corrected chi connectivity index (χ1v) is 22.9. The highest BCUT2D eigenvalue weighted by Gasteiger charge is 2.19. The number of hydrogen-bond acceptors (Lipinski definition) is 6. The van der Waals surface area contributed by atoms with Gasteiger partial charge in [-0.1, -0.05) is 177 Å².